The summed E-state index contributed by atoms with van der Waals surface area (Å²) in [6.45, 7) is 5.34. The van der Waals surface area contributed by atoms with Crippen molar-refractivity contribution in [2.45, 2.75) is 39.3 Å². The highest BCUT2D eigenvalue weighted by Gasteiger charge is 2.37. The van der Waals surface area contributed by atoms with Crippen molar-refractivity contribution in [3.63, 3.8) is 0 Å². The van der Waals surface area contributed by atoms with Crippen molar-refractivity contribution in [2.75, 3.05) is 4.90 Å². The van der Waals surface area contributed by atoms with E-state index >= 15 is 0 Å². The molecule has 1 aromatic heterocycles. The topological polar surface area (TPSA) is 62.3 Å². The lowest BCUT2D eigenvalue weighted by Crippen LogP contribution is -2.47. The Morgan fingerprint density at radius 1 is 1.39 bits per heavy atom. The average Bonchev–Trinajstić information content (AvgIpc) is 3.10. The minimum absolute atomic E-state index is 0.118. The molecule has 0 saturated heterocycles. The van der Waals surface area contributed by atoms with Gasteiger partial charge in [0.05, 0.1) is 6.04 Å². The smallest absolute Gasteiger partial charge is 0.244 e. The summed E-state index contributed by atoms with van der Waals surface area (Å²) in [5.41, 5.74) is 2.81. The van der Waals surface area contributed by atoms with Crippen LogP contribution in [0.2, 0.25) is 0 Å². The van der Waals surface area contributed by atoms with Crippen molar-refractivity contribution in [2.24, 2.45) is 0 Å². The Bertz CT molecular complexity index is 756. The summed E-state index contributed by atoms with van der Waals surface area (Å²) in [6.07, 6.45) is 0.547. The number of fused-ring (bicyclic) bond motifs is 1. The van der Waals surface area contributed by atoms with Crippen LogP contribution in [0.25, 0.3) is 0 Å². The average molecular weight is 329 g/mol. The fourth-order valence-electron chi connectivity index (χ4n) is 2.93. The Morgan fingerprint density at radius 3 is 2.78 bits per heavy atom. The molecular formula is C17H19N3O2S. The van der Waals surface area contributed by atoms with Gasteiger partial charge in [-0.05, 0) is 25.5 Å². The monoisotopic (exact) mass is 329 g/mol. The lowest BCUT2D eigenvalue weighted by Gasteiger charge is -2.24. The van der Waals surface area contributed by atoms with Crippen LogP contribution in [0.5, 0.6) is 0 Å². The quantitative estimate of drug-likeness (QED) is 0.941. The van der Waals surface area contributed by atoms with E-state index in [9.17, 15) is 9.59 Å². The zero-order chi connectivity index (χ0) is 16.6. The van der Waals surface area contributed by atoms with Gasteiger partial charge in [-0.1, -0.05) is 18.2 Å². The first kappa shape index (κ1) is 15.7. The molecule has 2 atom stereocenters. The van der Waals surface area contributed by atoms with E-state index in [1.807, 2.05) is 43.5 Å². The lowest BCUT2D eigenvalue weighted by molar-refractivity contribution is -0.126. The van der Waals surface area contributed by atoms with E-state index < -0.39 is 6.04 Å². The molecule has 6 heteroatoms. The summed E-state index contributed by atoms with van der Waals surface area (Å²) < 4.78 is 0. The van der Waals surface area contributed by atoms with Crippen LogP contribution in [0.3, 0.4) is 0 Å². The van der Waals surface area contributed by atoms with Crippen LogP contribution >= 0.6 is 11.3 Å². The Kier molecular flexibility index (Phi) is 4.17. The molecule has 2 amide bonds. The van der Waals surface area contributed by atoms with Crippen LogP contribution in [0.15, 0.2) is 29.6 Å². The van der Waals surface area contributed by atoms with Crippen LogP contribution in [-0.4, -0.2) is 22.8 Å². The van der Waals surface area contributed by atoms with Gasteiger partial charge in [0, 0.05) is 30.1 Å². The third-order valence-electron chi connectivity index (χ3n) is 3.98. The number of amides is 2. The maximum Gasteiger partial charge on any atom is 0.244 e. The molecule has 1 aliphatic rings. The van der Waals surface area contributed by atoms with Crippen LogP contribution in [0.1, 0.15) is 36.2 Å². The fraction of sp³-hybridized carbons (Fsp3) is 0.353. The second kappa shape index (κ2) is 6.12. The zero-order valence-corrected chi connectivity index (χ0v) is 14.2. The summed E-state index contributed by atoms with van der Waals surface area (Å²) in [5, 5.41) is 5.83. The number of aryl methyl sites for hydroxylation is 1. The molecule has 23 heavy (non-hydrogen) atoms. The lowest BCUT2D eigenvalue weighted by atomic mass is 10.1. The molecule has 0 bridgehead atoms. The van der Waals surface area contributed by atoms with Crippen LogP contribution in [-0.2, 0) is 16.0 Å². The summed E-state index contributed by atoms with van der Waals surface area (Å²) >= 11 is 1.53. The number of nitrogens with one attached hydrogen (secondary N) is 1. The maximum absolute atomic E-state index is 12.7. The molecule has 0 radical (unpaired) electrons. The summed E-state index contributed by atoms with van der Waals surface area (Å²) in [5.74, 6) is -0.260. The van der Waals surface area contributed by atoms with E-state index in [0.29, 0.717) is 6.42 Å². The van der Waals surface area contributed by atoms with E-state index in [0.717, 1.165) is 22.0 Å². The summed E-state index contributed by atoms with van der Waals surface area (Å²) in [6, 6.07) is 7.00. The fourth-order valence-corrected chi connectivity index (χ4v) is 3.73. The largest absolute Gasteiger partial charge is 0.345 e. The molecule has 1 aromatic carbocycles. The predicted octanol–water partition coefficient (Wildman–Crippen LogP) is 2.61. The second-order valence-corrected chi connectivity index (χ2v) is 6.68. The molecule has 1 unspecified atom stereocenters. The Morgan fingerprint density at radius 2 is 2.13 bits per heavy atom. The molecule has 0 aliphatic carbocycles. The number of hydrogen-bond donors (Lipinski definition) is 1. The number of carbonyl (C=O) groups excluding carboxylic acids is 2. The standard InChI is InChI=1S/C17H19N3O2S/c1-10-9-23-17(18-10)11(2)19-16(22)15-8-13-6-4-5-7-14(13)20(15)12(3)21/h4-7,9,11,15H,8H2,1-3H3,(H,19,22)/t11?,15-/m0/s1. The van der Waals surface area contributed by atoms with Gasteiger partial charge in [0.2, 0.25) is 11.8 Å². The zero-order valence-electron chi connectivity index (χ0n) is 13.4. The number of thiazole rings is 1. The molecule has 2 aromatic rings. The van der Waals surface area contributed by atoms with Crippen LogP contribution in [0, 0.1) is 6.92 Å². The van der Waals surface area contributed by atoms with Crippen molar-refractivity contribution >= 4 is 28.8 Å². The van der Waals surface area contributed by atoms with Gasteiger partial charge >= 0.3 is 0 Å². The van der Waals surface area contributed by atoms with E-state index in [4.69, 9.17) is 0 Å². The molecule has 0 fully saturated rings. The van der Waals surface area contributed by atoms with Gasteiger partial charge in [-0.3, -0.25) is 14.5 Å². The van der Waals surface area contributed by atoms with Crippen LogP contribution in [0.4, 0.5) is 5.69 Å². The highest BCUT2D eigenvalue weighted by molar-refractivity contribution is 7.09. The first-order chi connectivity index (χ1) is 11.0. The number of nitrogens with zero attached hydrogens (tertiary/aromatic N) is 2. The molecule has 2 heterocycles. The molecule has 120 valence electrons. The Hall–Kier alpha value is -2.21. The number of para-hydroxylation sites is 1. The van der Waals surface area contributed by atoms with E-state index in [1.165, 1.54) is 18.3 Å². The highest BCUT2D eigenvalue weighted by Crippen LogP contribution is 2.32. The summed E-state index contributed by atoms with van der Waals surface area (Å²) in [4.78, 5) is 30.7. The van der Waals surface area contributed by atoms with E-state index in [1.54, 1.807) is 4.90 Å². The molecule has 0 spiro atoms. The first-order valence-electron chi connectivity index (χ1n) is 7.57. The van der Waals surface area contributed by atoms with Crippen molar-refractivity contribution in [3.05, 3.63) is 45.9 Å². The maximum atomic E-state index is 12.7. The van der Waals surface area contributed by atoms with Crippen LogP contribution < -0.4 is 10.2 Å². The molecule has 1 aliphatic heterocycles. The molecule has 5 nitrogen and oxygen atoms in total. The number of rotatable bonds is 3. The Labute approximate surface area is 139 Å². The van der Waals surface area contributed by atoms with E-state index in [-0.39, 0.29) is 17.9 Å². The minimum atomic E-state index is -0.492. The molecule has 1 N–H and O–H groups in total. The number of carbonyl (C=O) groups is 2. The normalized spacial score (nSPS) is 17.7. The van der Waals surface area contributed by atoms with Gasteiger partial charge < -0.3 is 5.32 Å². The predicted molar refractivity (Wildman–Crippen MR) is 90.5 cm³/mol. The molecular weight excluding hydrogens is 310 g/mol. The van der Waals surface area contributed by atoms with Gasteiger partial charge in [0.15, 0.2) is 0 Å². The second-order valence-electron chi connectivity index (χ2n) is 5.80. The van der Waals surface area contributed by atoms with Crippen molar-refractivity contribution in [1.82, 2.24) is 10.3 Å². The minimum Gasteiger partial charge on any atom is -0.345 e. The van der Waals surface area contributed by atoms with E-state index in [2.05, 4.69) is 10.3 Å². The Balaban J connectivity index is 1.78. The van der Waals surface area contributed by atoms with Crippen molar-refractivity contribution < 1.29 is 9.59 Å². The third-order valence-corrected chi connectivity index (χ3v) is 5.13. The first-order valence-corrected chi connectivity index (χ1v) is 8.45. The number of hydrogen-bond acceptors (Lipinski definition) is 4. The number of aromatic nitrogens is 1. The molecule has 3 rings (SSSR count). The summed E-state index contributed by atoms with van der Waals surface area (Å²) in [7, 11) is 0. The third kappa shape index (κ3) is 2.99. The SMILES string of the molecule is CC(=O)N1c2ccccc2C[C@H]1C(=O)NC(C)c1nc(C)cs1. The molecule has 0 saturated carbocycles. The van der Waals surface area contributed by atoms with Gasteiger partial charge in [-0.25, -0.2) is 4.98 Å². The number of benzene rings is 1. The highest BCUT2D eigenvalue weighted by atomic mass is 32.1. The van der Waals surface area contributed by atoms with Gasteiger partial charge in [-0.2, -0.15) is 0 Å². The van der Waals surface area contributed by atoms with Gasteiger partial charge in [-0.15, -0.1) is 11.3 Å². The number of anilines is 1. The van der Waals surface area contributed by atoms with Gasteiger partial charge in [0.1, 0.15) is 11.0 Å². The van der Waals surface area contributed by atoms with Gasteiger partial charge in [0.25, 0.3) is 0 Å². The van der Waals surface area contributed by atoms with Crippen molar-refractivity contribution in [1.29, 1.82) is 0 Å². The van der Waals surface area contributed by atoms with Crippen molar-refractivity contribution in [3.8, 4) is 0 Å².